The monoisotopic (exact) mass is 596 g/mol. The van der Waals surface area contributed by atoms with E-state index in [4.69, 9.17) is 0 Å². The van der Waals surface area contributed by atoms with E-state index >= 15 is 0 Å². The number of fused-ring (bicyclic) bond motifs is 2. The normalized spacial score (nSPS) is 11.3. The molecule has 0 spiro atoms. The number of hydrogen-bond acceptors (Lipinski definition) is 2. The van der Waals surface area contributed by atoms with Crippen LogP contribution < -0.4 is 9.80 Å². The van der Waals surface area contributed by atoms with E-state index in [1.54, 1.807) is 0 Å². The van der Waals surface area contributed by atoms with Crippen LogP contribution in [0.3, 0.4) is 0 Å². The Balaban J connectivity index is 1.34. The second-order valence-electron chi connectivity index (χ2n) is 12.9. The number of nitrogens with zero attached hydrogens (tertiary/aromatic N) is 2. The molecular weight excluding hydrogens is 556 g/mol. The summed E-state index contributed by atoms with van der Waals surface area (Å²) in [5.74, 6) is 0. The average molecular weight is 597 g/mol. The lowest BCUT2D eigenvalue weighted by Gasteiger charge is -2.27. The predicted molar refractivity (Wildman–Crippen MR) is 199 cm³/mol. The first-order valence-corrected chi connectivity index (χ1v) is 16.1. The highest BCUT2D eigenvalue weighted by molar-refractivity contribution is 6.01. The number of anilines is 6. The van der Waals surface area contributed by atoms with Gasteiger partial charge in [-0.3, -0.25) is 0 Å². The highest BCUT2D eigenvalue weighted by Crippen LogP contribution is 2.40. The minimum Gasteiger partial charge on any atom is -0.310 e. The third kappa shape index (κ3) is 5.87. The Morgan fingerprint density at radius 3 is 0.913 bits per heavy atom. The van der Waals surface area contributed by atoms with Crippen molar-refractivity contribution < 1.29 is 0 Å². The number of rotatable bonds is 6. The van der Waals surface area contributed by atoms with E-state index in [0.29, 0.717) is 0 Å². The smallest absolute Gasteiger partial charge is 0.0468 e. The molecule has 7 aromatic carbocycles. The molecule has 0 amide bonds. The van der Waals surface area contributed by atoms with E-state index in [9.17, 15) is 0 Å². The zero-order valence-electron chi connectivity index (χ0n) is 27.6. The van der Waals surface area contributed by atoms with E-state index in [0.717, 1.165) is 22.7 Å². The third-order valence-corrected chi connectivity index (χ3v) is 8.79. The first kappa shape index (κ1) is 29.4. The van der Waals surface area contributed by atoms with E-state index in [1.807, 2.05) is 0 Å². The van der Waals surface area contributed by atoms with E-state index < -0.39 is 0 Å². The molecule has 7 rings (SSSR count). The fourth-order valence-corrected chi connectivity index (χ4v) is 6.69. The van der Waals surface area contributed by atoms with Crippen LogP contribution in [0, 0.1) is 41.5 Å². The van der Waals surface area contributed by atoms with Crippen molar-refractivity contribution in [2.75, 3.05) is 9.80 Å². The van der Waals surface area contributed by atoms with Crippen LogP contribution in [-0.2, 0) is 0 Å². The van der Waals surface area contributed by atoms with E-state index in [2.05, 4.69) is 185 Å². The van der Waals surface area contributed by atoms with Crippen molar-refractivity contribution in [3.63, 3.8) is 0 Å². The summed E-state index contributed by atoms with van der Waals surface area (Å²) >= 11 is 0. The molecule has 0 aliphatic heterocycles. The van der Waals surface area contributed by atoms with Crippen molar-refractivity contribution >= 4 is 55.7 Å². The molecule has 0 saturated heterocycles. The van der Waals surface area contributed by atoms with Crippen molar-refractivity contribution in [2.24, 2.45) is 0 Å². The molecule has 0 heterocycles. The topological polar surface area (TPSA) is 6.48 Å². The van der Waals surface area contributed by atoms with Crippen molar-refractivity contribution in [1.82, 2.24) is 0 Å². The van der Waals surface area contributed by atoms with Crippen LogP contribution >= 0.6 is 0 Å². The zero-order chi connectivity index (χ0) is 31.9. The van der Waals surface area contributed by atoms with Crippen LogP contribution in [0.1, 0.15) is 33.4 Å². The number of aryl methyl sites for hydroxylation is 6. The van der Waals surface area contributed by atoms with Gasteiger partial charge in [-0.2, -0.15) is 0 Å². The fourth-order valence-electron chi connectivity index (χ4n) is 6.69. The third-order valence-electron chi connectivity index (χ3n) is 8.79. The van der Waals surface area contributed by atoms with Crippen LogP contribution in [0.15, 0.2) is 133 Å². The summed E-state index contributed by atoms with van der Waals surface area (Å²) in [6.07, 6.45) is 0. The van der Waals surface area contributed by atoms with E-state index in [1.165, 1.54) is 66.3 Å². The molecule has 2 heteroatoms. The first-order valence-electron chi connectivity index (χ1n) is 16.1. The maximum absolute atomic E-state index is 2.37. The Morgan fingerprint density at radius 2 is 0.565 bits per heavy atom. The molecule has 0 aromatic heterocycles. The molecule has 0 aliphatic carbocycles. The Bertz CT molecular complexity index is 2010. The largest absolute Gasteiger partial charge is 0.310 e. The van der Waals surface area contributed by atoms with Crippen LogP contribution in [-0.4, -0.2) is 0 Å². The van der Waals surface area contributed by atoms with Crippen LogP contribution in [0.25, 0.3) is 21.5 Å². The summed E-state index contributed by atoms with van der Waals surface area (Å²) < 4.78 is 0. The Hall–Kier alpha value is -5.34. The molecule has 0 atom stereocenters. The summed E-state index contributed by atoms with van der Waals surface area (Å²) in [6, 6.07) is 49.5. The van der Waals surface area contributed by atoms with Crippen LogP contribution in [0.5, 0.6) is 0 Å². The van der Waals surface area contributed by atoms with Gasteiger partial charge in [-0.15, -0.1) is 0 Å². The summed E-state index contributed by atoms with van der Waals surface area (Å²) in [5, 5.41) is 4.91. The zero-order valence-corrected chi connectivity index (χ0v) is 27.6. The van der Waals surface area contributed by atoms with Gasteiger partial charge >= 0.3 is 0 Å². The van der Waals surface area contributed by atoms with Gasteiger partial charge in [0.2, 0.25) is 0 Å². The van der Waals surface area contributed by atoms with Gasteiger partial charge in [-0.1, -0.05) is 59.7 Å². The first-order chi connectivity index (χ1) is 22.2. The summed E-state index contributed by atoms with van der Waals surface area (Å²) in [6.45, 7) is 13.0. The minimum absolute atomic E-state index is 1.15. The lowest BCUT2D eigenvalue weighted by molar-refractivity contribution is 1.25. The van der Waals surface area contributed by atoms with Gasteiger partial charge in [0.05, 0.1) is 0 Å². The van der Waals surface area contributed by atoms with Gasteiger partial charge in [0, 0.05) is 34.1 Å². The van der Waals surface area contributed by atoms with Crippen LogP contribution in [0.2, 0.25) is 0 Å². The van der Waals surface area contributed by atoms with Crippen LogP contribution in [0.4, 0.5) is 34.1 Å². The lowest BCUT2D eigenvalue weighted by Crippen LogP contribution is -2.10. The van der Waals surface area contributed by atoms with Gasteiger partial charge in [-0.25, -0.2) is 0 Å². The number of benzene rings is 7. The van der Waals surface area contributed by atoms with Crippen molar-refractivity contribution in [3.8, 4) is 0 Å². The molecule has 226 valence electrons. The predicted octanol–water partition coefficient (Wildman–Crippen LogP) is 12.8. The number of hydrogen-bond donors (Lipinski definition) is 0. The molecule has 46 heavy (non-hydrogen) atoms. The summed E-state index contributed by atoms with van der Waals surface area (Å²) in [5.41, 5.74) is 14.5. The van der Waals surface area contributed by atoms with Gasteiger partial charge in [-0.05, 0) is 170 Å². The van der Waals surface area contributed by atoms with Crippen molar-refractivity contribution in [1.29, 1.82) is 0 Å². The second-order valence-corrected chi connectivity index (χ2v) is 12.9. The Kier molecular flexibility index (Phi) is 7.58. The molecular formula is C44H40N2. The minimum atomic E-state index is 1.15. The van der Waals surface area contributed by atoms with Gasteiger partial charge in [0.15, 0.2) is 0 Å². The molecule has 0 fully saturated rings. The highest BCUT2D eigenvalue weighted by atomic mass is 15.1. The van der Waals surface area contributed by atoms with E-state index in [-0.39, 0.29) is 0 Å². The molecule has 0 saturated carbocycles. The Labute approximate surface area is 273 Å². The Morgan fingerprint density at radius 1 is 0.239 bits per heavy atom. The molecule has 0 unspecified atom stereocenters. The quantitative estimate of drug-likeness (QED) is 0.176. The lowest BCUT2D eigenvalue weighted by atomic mass is 10.0. The molecule has 0 aliphatic rings. The maximum Gasteiger partial charge on any atom is 0.0468 e. The standard InChI is InChI=1S/C44H40N2/c1-29-7-13-39(14-8-29)45(43-21-31(3)19-32(4)22-43)41-17-11-35-26-38-28-42(18-12-36(38)25-37(35)27-41)46(40-15-9-30(2)10-16-40)44-23-33(5)20-34(6)24-44/h7-28H,1-6H3. The molecule has 0 N–H and O–H groups in total. The SMILES string of the molecule is Cc1ccc(N(c2cc(C)cc(C)c2)c2ccc3cc4cc(N(c5ccc(C)cc5)c5cc(C)cc(C)c5)ccc4cc3c2)cc1. The molecule has 0 radical (unpaired) electrons. The second kappa shape index (κ2) is 11.9. The summed E-state index contributed by atoms with van der Waals surface area (Å²) in [7, 11) is 0. The fraction of sp³-hybridized carbons (Fsp3) is 0.136. The highest BCUT2D eigenvalue weighted by Gasteiger charge is 2.16. The maximum atomic E-state index is 2.37. The molecule has 2 nitrogen and oxygen atoms in total. The van der Waals surface area contributed by atoms with Gasteiger partial charge in [0.25, 0.3) is 0 Å². The van der Waals surface area contributed by atoms with Crippen molar-refractivity contribution in [3.05, 3.63) is 167 Å². The molecule has 7 aromatic rings. The van der Waals surface area contributed by atoms with Crippen molar-refractivity contribution in [2.45, 2.75) is 41.5 Å². The average Bonchev–Trinajstić information content (AvgIpc) is 3.01. The van der Waals surface area contributed by atoms with Gasteiger partial charge in [0.1, 0.15) is 0 Å². The molecule has 0 bridgehead atoms. The summed E-state index contributed by atoms with van der Waals surface area (Å²) in [4.78, 5) is 4.74. The van der Waals surface area contributed by atoms with Gasteiger partial charge < -0.3 is 9.80 Å².